The van der Waals surface area contributed by atoms with Crippen molar-refractivity contribution in [3.8, 4) is 6.07 Å². The summed E-state index contributed by atoms with van der Waals surface area (Å²) in [4.78, 5) is 12.7. The number of para-hydroxylation sites is 1. The minimum Gasteiger partial charge on any atom is -0.363 e. The molecule has 0 saturated carbocycles. The number of nitro groups is 1. The van der Waals surface area contributed by atoms with Gasteiger partial charge in [-0.15, -0.1) is 0 Å². The third-order valence-electron chi connectivity index (χ3n) is 2.80. The van der Waals surface area contributed by atoms with Gasteiger partial charge in [-0.05, 0) is 26.8 Å². The first-order chi connectivity index (χ1) is 8.49. The van der Waals surface area contributed by atoms with Crippen molar-refractivity contribution in [1.82, 2.24) is 0 Å². The Bertz CT molecular complexity index is 478. The van der Waals surface area contributed by atoms with Gasteiger partial charge in [-0.25, -0.2) is 0 Å². The minimum absolute atomic E-state index is 0.110. The van der Waals surface area contributed by atoms with Crippen LogP contribution in [-0.2, 0) is 0 Å². The van der Waals surface area contributed by atoms with Gasteiger partial charge in [0.1, 0.15) is 5.69 Å². The zero-order chi connectivity index (χ0) is 13.7. The van der Waals surface area contributed by atoms with Crippen LogP contribution in [0.25, 0.3) is 0 Å². The maximum absolute atomic E-state index is 11.2. The van der Waals surface area contributed by atoms with Crippen molar-refractivity contribution in [3.05, 3.63) is 33.9 Å². The molecule has 0 fully saturated rings. The van der Waals surface area contributed by atoms with Crippen molar-refractivity contribution in [2.75, 3.05) is 11.4 Å². The highest BCUT2D eigenvalue weighted by atomic mass is 16.6. The molecule has 96 valence electrons. The Morgan fingerprint density at radius 3 is 2.67 bits per heavy atom. The van der Waals surface area contributed by atoms with E-state index in [1.165, 1.54) is 0 Å². The van der Waals surface area contributed by atoms with Crippen LogP contribution in [0.5, 0.6) is 0 Å². The van der Waals surface area contributed by atoms with Crippen LogP contribution in [0, 0.1) is 28.4 Å². The zero-order valence-corrected chi connectivity index (χ0v) is 10.9. The van der Waals surface area contributed by atoms with E-state index >= 15 is 0 Å². The van der Waals surface area contributed by atoms with Gasteiger partial charge in [0.25, 0.3) is 5.69 Å². The average molecular weight is 247 g/mol. The summed E-state index contributed by atoms with van der Waals surface area (Å²) in [5.41, 5.74) is 1.36. The van der Waals surface area contributed by atoms with Crippen LogP contribution in [0.15, 0.2) is 18.2 Å². The predicted molar refractivity (Wildman–Crippen MR) is 70.5 cm³/mol. The van der Waals surface area contributed by atoms with E-state index < -0.39 is 0 Å². The summed E-state index contributed by atoms with van der Waals surface area (Å²) < 4.78 is 0. The average Bonchev–Trinajstić information content (AvgIpc) is 2.28. The second-order valence-corrected chi connectivity index (χ2v) is 4.40. The van der Waals surface area contributed by atoms with Crippen LogP contribution in [0.2, 0.25) is 0 Å². The molecule has 0 bridgehead atoms. The van der Waals surface area contributed by atoms with Gasteiger partial charge >= 0.3 is 0 Å². The van der Waals surface area contributed by atoms with E-state index in [2.05, 4.69) is 6.07 Å². The lowest BCUT2D eigenvalue weighted by molar-refractivity contribution is -0.384. The fourth-order valence-electron chi connectivity index (χ4n) is 1.94. The van der Waals surface area contributed by atoms with E-state index in [4.69, 9.17) is 5.26 Å². The van der Waals surface area contributed by atoms with Crippen molar-refractivity contribution in [2.24, 2.45) is 0 Å². The number of nitriles is 1. The van der Waals surface area contributed by atoms with E-state index in [1.54, 1.807) is 25.1 Å². The summed E-state index contributed by atoms with van der Waals surface area (Å²) in [5.74, 6) is 0. The molecular formula is C13H17N3O2. The molecule has 1 rings (SSSR count). The molecule has 0 aromatic heterocycles. The maximum Gasteiger partial charge on any atom is 0.295 e. The Hall–Kier alpha value is -2.09. The Balaban J connectivity index is 3.24. The third kappa shape index (κ3) is 2.98. The lowest BCUT2D eigenvalue weighted by Crippen LogP contribution is -2.32. The number of rotatable bonds is 5. The van der Waals surface area contributed by atoms with Gasteiger partial charge in [-0.1, -0.05) is 12.1 Å². The largest absolute Gasteiger partial charge is 0.363 e. The fraction of sp³-hybridized carbons (Fsp3) is 0.462. The van der Waals surface area contributed by atoms with Gasteiger partial charge in [0, 0.05) is 18.2 Å². The van der Waals surface area contributed by atoms with Crippen molar-refractivity contribution in [2.45, 2.75) is 33.2 Å². The summed E-state index contributed by atoms with van der Waals surface area (Å²) >= 11 is 0. The molecule has 0 aliphatic heterocycles. The van der Waals surface area contributed by atoms with Crippen LogP contribution in [0.1, 0.15) is 25.8 Å². The molecular weight excluding hydrogens is 230 g/mol. The maximum atomic E-state index is 11.2. The molecule has 0 unspecified atom stereocenters. The van der Waals surface area contributed by atoms with Gasteiger partial charge in [-0.2, -0.15) is 5.26 Å². The van der Waals surface area contributed by atoms with Gasteiger partial charge in [0.2, 0.25) is 0 Å². The van der Waals surface area contributed by atoms with Crippen LogP contribution in [0.3, 0.4) is 0 Å². The molecule has 0 heterocycles. The molecule has 0 atom stereocenters. The van der Waals surface area contributed by atoms with E-state index in [0.29, 0.717) is 24.2 Å². The summed E-state index contributed by atoms with van der Waals surface area (Å²) in [7, 11) is 0. The molecule has 18 heavy (non-hydrogen) atoms. The van der Waals surface area contributed by atoms with E-state index in [0.717, 1.165) is 0 Å². The molecule has 5 nitrogen and oxygen atoms in total. The summed E-state index contributed by atoms with van der Waals surface area (Å²) in [6, 6.07) is 7.45. The molecule has 0 N–H and O–H groups in total. The Morgan fingerprint density at radius 1 is 1.50 bits per heavy atom. The first-order valence-electron chi connectivity index (χ1n) is 5.86. The number of hydrogen-bond donors (Lipinski definition) is 0. The minimum atomic E-state index is -0.355. The number of benzene rings is 1. The Labute approximate surface area is 107 Å². The first-order valence-corrected chi connectivity index (χ1v) is 5.86. The standard InChI is InChI=1S/C13H17N3O2/c1-10(2)15(9-5-8-14)12-7-4-6-11(3)13(12)16(17)18/h4,6-7,10H,5,9H2,1-3H3. The lowest BCUT2D eigenvalue weighted by atomic mass is 10.1. The van der Waals surface area contributed by atoms with Gasteiger partial charge < -0.3 is 4.90 Å². The highest BCUT2D eigenvalue weighted by Crippen LogP contribution is 2.32. The van der Waals surface area contributed by atoms with Gasteiger partial charge in [0.15, 0.2) is 0 Å². The molecule has 0 aliphatic rings. The third-order valence-corrected chi connectivity index (χ3v) is 2.80. The quantitative estimate of drug-likeness (QED) is 0.592. The predicted octanol–water partition coefficient (Wildman–Crippen LogP) is 3.03. The number of nitro benzene ring substituents is 1. The summed E-state index contributed by atoms with van der Waals surface area (Å²) in [5, 5.41) is 19.8. The molecule has 5 heteroatoms. The monoisotopic (exact) mass is 247 g/mol. The number of aryl methyl sites for hydroxylation is 1. The molecule has 0 aliphatic carbocycles. The lowest BCUT2D eigenvalue weighted by Gasteiger charge is -2.28. The zero-order valence-electron chi connectivity index (χ0n) is 10.9. The second-order valence-electron chi connectivity index (χ2n) is 4.40. The Morgan fingerprint density at radius 2 is 2.17 bits per heavy atom. The van der Waals surface area contributed by atoms with E-state index in [1.807, 2.05) is 18.7 Å². The van der Waals surface area contributed by atoms with Crippen molar-refractivity contribution >= 4 is 11.4 Å². The molecule has 0 spiro atoms. The summed E-state index contributed by atoms with van der Waals surface area (Å²) in [6.45, 7) is 6.15. The van der Waals surface area contributed by atoms with Crippen molar-refractivity contribution in [1.29, 1.82) is 5.26 Å². The molecule has 0 saturated heterocycles. The highest BCUT2D eigenvalue weighted by Gasteiger charge is 2.23. The first kappa shape index (κ1) is 14.0. The van der Waals surface area contributed by atoms with E-state index in [9.17, 15) is 10.1 Å². The number of nitrogens with zero attached hydrogens (tertiary/aromatic N) is 3. The van der Waals surface area contributed by atoms with Crippen LogP contribution in [-0.4, -0.2) is 17.5 Å². The molecule has 1 aromatic carbocycles. The van der Waals surface area contributed by atoms with Crippen LogP contribution >= 0.6 is 0 Å². The highest BCUT2D eigenvalue weighted by molar-refractivity contribution is 5.67. The molecule has 1 aromatic rings. The van der Waals surface area contributed by atoms with E-state index in [-0.39, 0.29) is 16.7 Å². The van der Waals surface area contributed by atoms with Crippen molar-refractivity contribution in [3.63, 3.8) is 0 Å². The van der Waals surface area contributed by atoms with Crippen LogP contribution in [0.4, 0.5) is 11.4 Å². The number of anilines is 1. The Kier molecular flexibility index (Phi) is 4.67. The van der Waals surface area contributed by atoms with Crippen LogP contribution < -0.4 is 4.90 Å². The van der Waals surface area contributed by atoms with Gasteiger partial charge in [0.05, 0.1) is 17.4 Å². The topological polar surface area (TPSA) is 70.2 Å². The smallest absolute Gasteiger partial charge is 0.295 e. The SMILES string of the molecule is Cc1cccc(N(CCC#N)C(C)C)c1[N+](=O)[O-]. The summed E-state index contributed by atoms with van der Waals surface area (Å²) in [6.07, 6.45) is 0.350. The normalized spacial score (nSPS) is 10.2. The number of hydrogen-bond acceptors (Lipinski definition) is 4. The van der Waals surface area contributed by atoms with Gasteiger partial charge in [-0.3, -0.25) is 10.1 Å². The molecule has 0 radical (unpaired) electrons. The second kappa shape index (κ2) is 6.01. The fourth-order valence-corrected chi connectivity index (χ4v) is 1.94. The van der Waals surface area contributed by atoms with Crippen molar-refractivity contribution < 1.29 is 4.92 Å². The molecule has 0 amide bonds.